The van der Waals surface area contributed by atoms with Crippen LogP contribution in [0.25, 0.3) is 11.1 Å². The van der Waals surface area contributed by atoms with E-state index in [9.17, 15) is 0 Å². The van der Waals surface area contributed by atoms with Gasteiger partial charge in [-0.05, 0) is 23.8 Å². The van der Waals surface area contributed by atoms with Crippen LogP contribution in [0.4, 0.5) is 5.69 Å². The van der Waals surface area contributed by atoms with Crippen LogP contribution >= 0.6 is 15.9 Å². The summed E-state index contributed by atoms with van der Waals surface area (Å²) < 4.78 is 0.955. The summed E-state index contributed by atoms with van der Waals surface area (Å²) in [6, 6.07) is 5.73. The van der Waals surface area contributed by atoms with Crippen molar-refractivity contribution < 1.29 is 0 Å². The molecule has 1 aromatic heterocycles. The third-order valence-corrected chi connectivity index (χ3v) is 2.27. The number of halogens is 1. The Labute approximate surface area is 90.1 Å². The molecule has 0 saturated heterocycles. The minimum atomic E-state index is 0.721. The van der Waals surface area contributed by atoms with Crippen molar-refractivity contribution in [1.82, 2.24) is 9.97 Å². The summed E-state index contributed by atoms with van der Waals surface area (Å²) in [5.41, 5.74) is 8.42. The predicted octanol–water partition coefficient (Wildman–Crippen LogP) is 2.49. The third-order valence-electron chi connectivity index (χ3n) is 1.81. The van der Waals surface area contributed by atoms with Crippen molar-refractivity contribution in [3.8, 4) is 11.1 Å². The quantitative estimate of drug-likeness (QED) is 0.791. The van der Waals surface area contributed by atoms with Gasteiger partial charge in [0.1, 0.15) is 6.33 Å². The molecule has 4 heteroatoms. The largest absolute Gasteiger partial charge is 0.399 e. The molecule has 0 saturated carbocycles. The van der Waals surface area contributed by atoms with Gasteiger partial charge >= 0.3 is 0 Å². The van der Waals surface area contributed by atoms with E-state index in [0.717, 1.165) is 21.3 Å². The summed E-state index contributed by atoms with van der Waals surface area (Å²) in [4.78, 5) is 7.91. The summed E-state index contributed by atoms with van der Waals surface area (Å²) in [7, 11) is 0. The van der Waals surface area contributed by atoms with Gasteiger partial charge in [0.15, 0.2) is 0 Å². The first-order valence-electron chi connectivity index (χ1n) is 4.07. The van der Waals surface area contributed by atoms with Gasteiger partial charge in [-0.2, -0.15) is 0 Å². The van der Waals surface area contributed by atoms with Crippen molar-refractivity contribution in [1.29, 1.82) is 0 Å². The van der Waals surface area contributed by atoms with Crippen molar-refractivity contribution >= 4 is 21.6 Å². The second-order valence-corrected chi connectivity index (χ2v) is 3.82. The maximum Gasteiger partial charge on any atom is 0.115 e. The average Bonchev–Trinajstić information content (AvgIpc) is 2.18. The van der Waals surface area contributed by atoms with E-state index in [2.05, 4.69) is 25.9 Å². The highest BCUT2D eigenvalue weighted by molar-refractivity contribution is 9.10. The van der Waals surface area contributed by atoms with Crippen molar-refractivity contribution in [2.45, 2.75) is 0 Å². The van der Waals surface area contributed by atoms with Crippen LogP contribution in [0.1, 0.15) is 0 Å². The summed E-state index contributed by atoms with van der Waals surface area (Å²) in [5.74, 6) is 0. The first kappa shape index (κ1) is 9.15. The van der Waals surface area contributed by atoms with Crippen molar-refractivity contribution in [3.63, 3.8) is 0 Å². The maximum absolute atomic E-state index is 5.73. The summed E-state index contributed by atoms with van der Waals surface area (Å²) in [5, 5.41) is 0. The van der Waals surface area contributed by atoms with Gasteiger partial charge < -0.3 is 5.73 Å². The van der Waals surface area contributed by atoms with Crippen LogP contribution in [0.5, 0.6) is 0 Å². The molecule has 2 rings (SSSR count). The van der Waals surface area contributed by atoms with Crippen LogP contribution in [0.15, 0.2) is 41.4 Å². The molecule has 0 aliphatic carbocycles. The maximum atomic E-state index is 5.73. The number of hydrogen-bond donors (Lipinski definition) is 1. The van der Waals surface area contributed by atoms with Gasteiger partial charge in [-0.3, -0.25) is 0 Å². The topological polar surface area (TPSA) is 51.8 Å². The van der Waals surface area contributed by atoms with E-state index in [1.165, 1.54) is 6.33 Å². The van der Waals surface area contributed by atoms with Crippen LogP contribution in [-0.2, 0) is 0 Å². The fourth-order valence-electron chi connectivity index (χ4n) is 1.23. The van der Waals surface area contributed by atoms with Gasteiger partial charge in [0.25, 0.3) is 0 Å². The smallest absolute Gasteiger partial charge is 0.115 e. The highest BCUT2D eigenvalue weighted by atomic mass is 79.9. The first-order valence-corrected chi connectivity index (χ1v) is 4.86. The van der Waals surface area contributed by atoms with Gasteiger partial charge in [-0.15, -0.1) is 0 Å². The molecule has 3 nitrogen and oxygen atoms in total. The van der Waals surface area contributed by atoms with E-state index in [-0.39, 0.29) is 0 Å². The minimum absolute atomic E-state index is 0.721. The molecule has 14 heavy (non-hydrogen) atoms. The highest BCUT2D eigenvalue weighted by Crippen LogP contribution is 2.24. The van der Waals surface area contributed by atoms with Crippen LogP contribution < -0.4 is 5.73 Å². The molecule has 2 aromatic rings. The standard InChI is InChI=1S/C10H8BrN3/c11-9-1-7(2-10(12)3-9)8-4-13-6-14-5-8/h1-6H,12H2. The van der Waals surface area contributed by atoms with E-state index in [1.54, 1.807) is 12.4 Å². The number of benzene rings is 1. The Kier molecular flexibility index (Phi) is 2.45. The fraction of sp³-hybridized carbons (Fsp3) is 0. The summed E-state index contributed by atoms with van der Waals surface area (Å²) in [6.07, 6.45) is 5.02. The van der Waals surface area contributed by atoms with Crippen LogP contribution in [0.2, 0.25) is 0 Å². The SMILES string of the molecule is Nc1cc(Br)cc(-c2cncnc2)c1. The van der Waals surface area contributed by atoms with Crippen molar-refractivity contribution in [2.24, 2.45) is 0 Å². The Bertz CT molecular complexity index is 422. The molecule has 0 unspecified atom stereocenters. The number of nitrogen functional groups attached to an aromatic ring is 1. The number of nitrogens with zero attached hydrogens (tertiary/aromatic N) is 2. The summed E-state index contributed by atoms with van der Waals surface area (Å²) >= 11 is 3.39. The molecule has 0 aliphatic heterocycles. The molecular weight excluding hydrogens is 242 g/mol. The number of nitrogens with two attached hydrogens (primary N) is 1. The van der Waals surface area contributed by atoms with Gasteiger partial charge in [0.2, 0.25) is 0 Å². The monoisotopic (exact) mass is 249 g/mol. The molecule has 0 fully saturated rings. The molecule has 2 N–H and O–H groups in total. The highest BCUT2D eigenvalue weighted by Gasteiger charge is 2.00. The van der Waals surface area contributed by atoms with E-state index in [0.29, 0.717) is 0 Å². The molecule has 0 aliphatic rings. The third kappa shape index (κ3) is 1.90. The Balaban J connectivity index is 2.52. The van der Waals surface area contributed by atoms with Gasteiger partial charge in [-0.1, -0.05) is 15.9 Å². The van der Waals surface area contributed by atoms with E-state index in [1.807, 2.05) is 18.2 Å². The normalized spacial score (nSPS) is 10.1. The molecule has 0 bridgehead atoms. The number of anilines is 1. The molecule has 0 amide bonds. The zero-order valence-electron chi connectivity index (χ0n) is 7.31. The molecule has 70 valence electrons. The lowest BCUT2D eigenvalue weighted by molar-refractivity contribution is 1.17. The van der Waals surface area contributed by atoms with Gasteiger partial charge in [0, 0.05) is 28.1 Å². The lowest BCUT2D eigenvalue weighted by Crippen LogP contribution is -1.87. The zero-order chi connectivity index (χ0) is 9.97. The summed E-state index contributed by atoms with van der Waals surface area (Å²) in [6.45, 7) is 0. The zero-order valence-corrected chi connectivity index (χ0v) is 8.90. The predicted molar refractivity (Wildman–Crippen MR) is 59.6 cm³/mol. The van der Waals surface area contributed by atoms with E-state index < -0.39 is 0 Å². The molecule has 1 heterocycles. The van der Waals surface area contributed by atoms with Crippen LogP contribution in [0.3, 0.4) is 0 Å². The Hall–Kier alpha value is -1.42. The number of hydrogen-bond acceptors (Lipinski definition) is 3. The van der Waals surface area contributed by atoms with Gasteiger partial charge in [0.05, 0.1) is 0 Å². The van der Waals surface area contributed by atoms with Crippen molar-refractivity contribution in [2.75, 3.05) is 5.73 Å². The van der Waals surface area contributed by atoms with Gasteiger partial charge in [-0.25, -0.2) is 9.97 Å². The average molecular weight is 250 g/mol. The van der Waals surface area contributed by atoms with Crippen LogP contribution in [0, 0.1) is 0 Å². The Morgan fingerprint density at radius 3 is 2.36 bits per heavy atom. The van der Waals surface area contributed by atoms with Crippen LogP contribution in [-0.4, -0.2) is 9.97 Å². The van der Waals surface area contributed by atoms with E-state index >= 15 is 0 Å². The Morgan fingerprint density at radius 1 is 1.00 bits per heavy atom. The minimum Gasteiger partial charge on any atom is -0.399 e. The Morgan fingerprint density at radius 2 is 1.71 bits per heavy atom. The number of rotatable bonds is 1. The molecule has 0 spiro atoms. The lowest BCUT2D eigenvalue weighted by atomic mass is 10.1. The molecular formula is C10H8BrN3. The van der Waals surface area contributed by atoms with Crippen molar-refractivity contribution in [3.05, 3.63) is 41.4 Å². The molecule has 1 aromatic carbocycles. The second-order valence-electron chi connectivity index (χ2n) is 2.90. The van der Waals surface area contributed by atoms with E-state index in [4.69, 9.17) is 5.73 Å². The second kappa shape index (κ2) is 3.75. The molecule has 0 radical (unpaired) electrons. The molecule has 0 atom stereocenters. The first-order chi connectivity index (χ1) is 6.75. The lowest BCUT2D eigenvalue weighted by Gasteiger charge is -2.02. The fourth-order valence-corrected chi connectivity index (χ4v) is 1.74. The number of aromatic nitrogens is 2.